The normalized spacial score (nSPS) is 22.2. The summed E-state index contributed by atoms with van der Waals surface area (Å²) in [4.78, 5) is 12.5. The molecule has 0 saturated carbocycles. The lowest BCUT2D eigenvalue weighted by Crippen LogP contribution is -2.36. The van der Waals surface area contributed by atoms with E-state index in [0.29, 0.717) is 24.5 Å². The largest absolute Gasteiger partial charge is 0.477 e. The van der Waals surface area contributed by atoms with Crippen LogP contribution in [0.15, 0.2) is 6.07 Å². The zero-order valence-electron chi connectivity index (χ0n) is 8.69. The van der Waals surface area contributed by atoms with Gasteiger partial charge in [0.2, 0.25) is 0 Å². The standard InChI is InChI=1S/C11H12O4S/c12-10(13)9-5-7-6-11(14-3-4-15-11)2-1-8(7)16-9/h5H,1-4,6H2,(H,12,13). The van der Waals surface area contributed by atoms with Gasteiger partial charge in [-0.3, -0.25) is 0 Å². The maximum atomic E-state index is 10.9. The Balaban J connectivity index is 1.91. The Morgan fingerprint density at radius 1 is 1.44 bits per heavy atom. The summed E-state index contributed by atoms with van der Waals surface area (Å²) in [5.41, 5.74) is 1.08. The third kappa shape index (κ3) is 1.55. The van der Waals surface area contributed by atoms with Gasteiger partial charge in [-0.2, -0.15) is 0 Å². The molecule has 2 aliphatic rings. The second-order valence-corrected chi connectivity index (χ2v) is 5.29. The van der Waals surface area contributed by atoms with Crippen molar-refractivity contribution in [2.45, 2.75) is 25.0 Å². The second-order valence-electron chi connectivity index (χ2n) is 4.15. The Hall–Kier alpha value is -0.910. The molecular weight excluding hydrogens is 228 g/mol. The van der Waals surface area contributed by atoms with Gasteiger partial charge in [-0.15, -0.1) is 11.3 Å². The second kappa shape index (κ2) is 3.55. The van der Waals surface area contributed by atoms with Crippen LogP contribution >= 0.6 is 11.3 Å². The number of hydrogen-bond donors (Lipinski definition) is 1. The quantitative estimate of drug-likeness (QED) is 0.811. The number of carbonyl (C=O) groups is 1. The molecule has 1 spiro atoms. The van der Waals surface area contributed by atoms with E-state index in [1.807, 2.05) is 0 Å². The Morgan fingerprint density at radius 3 is 2.88 bits per heavy atom. The van der Waals surface area contributed by atoms with Crippen molar-refractivity contribution in [3.05, 3.63) is 21.4 Å². The van der Waals surface area contributed by atoms with Gasteiger partial charge in [-0.25, -0.2) is 4.79 Å². The Labute approximate surface area is 96.8 Å². The maximum absolute atomic E-state index is 10.9. The minimum absolute atomic E-state index is 0.417. The van der Waals surface area contributed by atoms with Crippen molar-refractivity contribution in [2.75, 3.05) is 13.2 Å². The van der Waals surface area contributed by atoms with Crippen LogP contribution in [-0.4, -0.2) is 30.1 Å². The number of hydrogen-bond acceptors (Lipinski definition) is 4. The molecule has 1 fully saturated rings. The zero-order valence-corrected chi connectivity index (χ0v) is 9.51. The van der Waals surface area contributed by atoms with Crippen LogP contribution < -0.4 is 0 Å². The summed E-state index contributed by atoms with van der Waals surface area (Å²) in [7, 11) is 0. The molecule has 0 unspecified atom stereocenters. The van der Waals surface area contributed by atoms with E-state index < -0.39 is 11.8 Å². The summed E-state index contributed by atoms with van der Waals surface area (Å²) < 4.78 is 11.3. The lowest BCUT2D eigenvalue weighted by molar-refractivity contribution is -0.163. The van der Waals surface area contributed by atoms with Crippen molar-refractivity contribution in [1.82, 2.24) is 0 Å². The molecule has 1 aliphatic carbocycles. The van der Waals surface area contributed by atoms with Gasteiger partial charge in [0.25, 0.3) is 0 Å². The van der Waals surface area contributed by atoms with E-state index in [2.05, 4.69) is 0 Å². The van der Waals surface area contributed by atoms with Gasteiger partial charge in [-0.05, 0) is 18.1 Å². The lowest BCUT2D eigenvalue weighted by Gasteiger charge is -2.31. The summed E-state index contributed by atoms with van der Waals surface area (Å²) in [6.45, 7) is 1.29. The van der Waals surface area contributed by atoms with E-state index in [1.54, 1.807) is 6.07 Å². The SMILES string of the molecule is O=C(O)c1cc2c(s1)CCC1(C2)OCCO1. The predicted octanol–water partition coefficient (Wildman–Crippen LogP) is 1.68. The first kappa shape index (κ1) is 10.3. The van der Waals surface area contributed by atoms with Crippen molar-refractivity contribution in [3.8, 4) is 0 Å². The molecule has 0 amide bonds. The van der Waals surface area contributed by atoms with E-state index >= 15 is 0 Å². The fraction of sp³-hybridized carbons (Fsp3) is 0.545. The van der Waals surface area contributed by atoms with Crippen molar-refractivity contribution in [3.63, 3.8) is 0 Å². The van der Waals surface area contributed by atoms with Crippen molar-refractivity contribution in [2.24, 2.45) is 0 Å². The average Bonchev–Trinajstić information content (AvgIpc) is 2.85. The van der Waals surface area contributed by atoms with Crippen molar-refractivity contribution < 1.29 is 19.4 Å². The van der Waals surface area contributed by atoms with Crippen molar-refractivity contribution in [1.29, 1.82) is 0 Å². The summed E-state index contributed by atoms with van der Waals surface area (Å²) in [6.07, 6.45) is 2.37. The van der Waals surface area contributed by atoms with Gasteiger partial charge < -0.3 is 14.6 Å². The number of thiophene rings is 1. The number of carboxylic acids is 1. The molecule has 1 N–H and O–H groups in total. The van der Waals surface area contributed by atoms with Crippen LogP contribution in [0.5, 0.6) is 0 Å². The van der Waals surface area contributed by atoms with Crippen LogP contribution in [0.2, 0.25) is 0 Å². The monoisotopic (exact) mass is 240 g/mol. The fourth-order valence-electron chi connectivity index (χ4n) is 2.36. The average molecular weight is 240 g/mol. The number of fused-ring (bicyclic) bond motifs is 1. The van der Waals surface area contributed by atoms with Gasteiger partial charge in [0.05, 0.1) is 13.2 Å². The number of aryl methyl sites for hydroxylation is 1. The third-order valence-electron chi connectivity index (χ3n) is 3.11. The smallest absolute Gasteiger partial charge is 0.345 e. The summed E-state index contributed by atoms with van der Waals surface area (Å²) in [6, 6.07) is 1.76. The molecule has 4 nitrogen and oxygen atoms in total. The Kier molecular flexibility index (Phi) is 2.27. The van der Waals surface area contributed by atoms with E-state index in [9.17, 15) is 4.79 Å². The van der Waals surface area contributed by atoms with Gasteiger partial charge in [0, 0.05) is 17.7 Å². The third-order valence-corrected chi connectivity index (χ3v) is 4.34. The predicted molar refractivity (Wildman–Crippen MR) is 57.9 cm³/mol. The van der Waals surface area contributed by atoms with Crippen LogP contribution in [-0.2, 0) is 22.3 Å². The van der Waals surface area contributed by atoms with Gasteiger partial charge in [0.15, 0.2) is 5.79 Å². The molecule has 2 heterocycles. The van der Waals surface area contributed by atoms with Gasteiger partial charge >= 0.3 is 5.97 Å². The molecule has 3 rings (SSSR count). The first-order chi connectivity index (χ1) is 7.69. The van der Waals surface area contributed by atoms with E-state index in [-0.39, 0.29) is 0 Å². The molecule has 1 aromatic heterocycles. The van der Waals surface area contributed by atoms with E-state index in [1.165, 1.54) is 16.2 Å². The first-order valence-electron chi connectivity index (χ1n) is 5.31. The summed E-state index contributed by atoms with van der Waals surface area (Å²) in [5, 5.41) is 8.94. The molecule has 16 heavy (non-hydrogen) atoms. The summed E-state index contributed by atoms with van der Waals surface area (Å²) >= 11 is 1.37. The molecule has 0 bridgehead atoms. The molecule has 5 heteroatoms. The molecule has 0 radical (unpaired) electrons. The highest BCUT2D eigenvalue weighted by Crippen LogP contribution is 2.38. The number of carboxylic acid groups (broad SMARTS) is 1. The number of aromatic carboxylic acids is 1. The highest BCUT2D eigenvalue weighted by Gasteiger charge is 2.40. The van der Waals surface area contributed by atoms with Crippen molar-refractivity contribution >= 4 is 17.3 Å². The highest BCUT2D eigenvalue weighted by atomic mass is 32.1. The van der Waals surface area contributed by atoms with E-state index in [0.717, 1.165) is 18.4 Å². The topological polar surface area (TPSA) is 55.8 Å². The van der Waals surface area contributed by atoms with Gasteiger partial charge in [0.1, 0.15) is 4.88 Å². The zero-order chi connectivity index (χ0) is 11.2. The number of rotatable bonds is 1. The van der Waals surface area contributed by atoms with Crippen LogP contribution in [0.1, 0.15) is 26.5 Å². The summed E-state index contributed by atoms with van der Waals surface area (Å²) in [5.74, 6) is -1.31. The highest BCUT2D eigenvalue weighted by molar-refractivity contribution is 7.14. The fourth-order valence-corrected chi connectivity index (χ4v) is 3.38. The molecule has 0 aromatic carbocycles. The minimum atomic E-state index is -0.846. The van der Waals surface area contributed by atoms with Crippen LogP contribution in [0.3, 0.4) is 0 Å². The maximum Gasteiger partial charge on any atom is 0.345 e. The van der Waals surface area contributed by atoms with Gasteiger partial charge in [-0.1, -0.05) is 0 Å². The number of ether oxygens (including phenoxy) is 2. The molecule has 1 saturated heterocycles. The molecule has 0 atom stereocenters. The van der Waals surface area contributed by atoms with E-state index in [4.69, 9.17) is 14.6 Å². The van der Waals surface area contributed by atoms with Crippen LogP contribution in [0.4, 0.5) is 0 Å². The molecule has 1 aliphatic heterocycles. The molecular formula is C11H12O4S. The van der Waals surface area contributed by atoms with Crippen LogP contribution in [0.25, 0.3) is 0 Å². The molecule has 1 aromatic rings. The minimum Gasteiger partial charge on any atom is -0.477 e. The Morgan fingerprint density at radius 2 is 2.19 bits per heavy atom. The lowest BCUT2D eigenvalue weighted by atomic mass is 9.93. The Bertz CT molecular complexity index is 431. The van der Waals surface area contributed by atoms with Crippen LogP contribution in [0, 0.1) is 0 Å². The first-order valence-corrected chi connectivity index (χ1v) is 6.13. The molecule has 86 valence electrons.